The van der Waals surface area contributed by atoms with E-state index in [0.717, 1.165) is 12.0 Å². The molecule has 1 aromatic rings. The van der Waals surface area contributed by atoms with E-state index in [1.54, 1.807) is 19.2 Å². The molecule has 2 atom stereocenters. The Morgan fingerprint density at radius 3 is 2.67 bits per heavy atom. The number of nitrogens with zero attached hydrogens (tertiary/aromatic N) is 1. The monoisotopic (exact) mass is 310 g/mol. The van der Waals surface area contributed by atoms with E-state index in [-0.39, 0.29) is 30.5 Å². The molecule has 1 N–H and O–H groups in total. The van der Waals surface area contributed by atoms with Gasteiger partial charge in [-0.3, -0.25) is 9.59 Å². The van der Waals surface area contributed by atoms with Crippen LogP contribution >= 0.6 is 11.6 Å². The molecule has 0 spiro atoms. The second-order valence-electron chi connectivity index (χ2n) is 5.18. The Labute approximate surface area is 129 Å². The maximum atomic E-state index is 12.0. The molecule has 0 radical (unpaired) electrons. The van der Waals surface area contributed by atoms with Gasteiger partial charge in [0.1, 0.15) is 6.10 Å². The van der Waals surface area contributed by atoms with Gasteiger partial charge in [-0.2, -0.15) is 0 Å². The van der Waals surface area contributed by atoms with Gasteiger partial charge in [0.05, 0.1) is 12.6 Å². The van der Waals surface area contributed by atoms with Crippen LogP contribution in [-0.4, -0.2) is 43.0 Å². The minimum absolute atomic E-state index is 0.0547. The quantitative estimate of drug-likeness (QED) is 0.922. The van der Waals surface area contributed by atoms with E-state index in [9.17, 15) is 9.59 Å². The van der Waals surface area contributed by atoms with Crippen molar-refractivity contribution >= 4 is 23.4 Å². The summed E-state index contributed by atoms with van der Waals surface area (Å²) in [5.41, 5.74) is 0.988. The van der Waals surface area contributed by atoms with E-state index in [4.69, 9.17) is 16.3 Å². The molecular formula is C15H19ClN2O3. The molecule has 6 heteroatoms. The summed E-state index contributed by atoms with van der Waals surface area (Å²) in [6, 6.07) is 7.33. The normalized spacial score (nSPS) is 21.1. The minimum Gasteiger partial charge on any atom is -0.371 e. The summed E-state index contributed by atoms with van der Waals surface area (Å²) in [6.45, 7) is 2.09. The number of nitrogens with one attached hydrogen (secondary N) is 1. The van der Waals surface area contributed by atoms with Crippen molar-refractivity contribution in [2.75, 3.05) is 20.2 Å². The first kappa shape index (κ1) is 15.8. The highest BCUT2D eigenvalue weighted by molar-refractivity contribution is 6.30. The zero-order chi connectivity index (χ0) is 15.4. The van der Waals surface area contributed by atoms with Crippen molar-refractivity contribution < 1.29 is 14.3 Å². The lowest BCUT2D eigenvalue weighted by atomic mass is 10.0. The molecule has 2 amide bonds. The number of carbonyl (C=O) groups excluding carboxylic acids is 2. The van der Waals surface area contributed by atoms with Crippen LogP contribution in [0.25, 0.3) is 0 Å². The van der Waals surface area contributed by atoms with Gasteiger partial charge in [0, 0.05) is 25.6 Å². The fourth-order valence-electron chi connectivity index (χ4n) is 2.30. The number of halogens is 1. The second kappa shape index (κ2) is 6.91. The van der Waals surface area contributed by atoms with Gasteiger partial charge in [0.25, 0.3) is 0 Å². The van der Waals surface area contributed by atoms with Gasteiger partial charge < -0.3 is 15.0 Å². The van der Waals surface area contributed by atoms with Crippen LogP contribution in [0.1, 0.15) is 25.0 Å². The first-order valence-corrected chi connectivity index (χ1v) is 7.23. The second-order valence-corrected chi connectivity index (χ2v) is 5.62. The molecule has 5 nitrogen and oxygen atoms in total. The number of hydrogen-bond donors (Lipinski definition) is 1. The molecule has 0 bridgehead atoms. The third-order valence-corrected chi connectivity index (χ3v) is 3.81. The highest BCUT2D eigenvalue weighted by Gasteiger charge is 2.31. The van der Waals surface area contributed by atoms with Crippen LogP contribution in [-0.2, 0) is 14.3 Å². The van der Waals surface area contributed by atoms with E-state index < -0.39 is 0 Å². The number of likely N-dealkylation sites (N-methyl/N-ethyl adjacent to an activating group) is 1. The average Bonchev–Trinajstić information content (AvgIpc) is 2.87. The maximum absolute atomic E-state index is 12.0. The van der Waals surface area contributed by atoms with Crippen LogP contribution in [0.15, 0.2) is 24.3 Å². The molecule has 0 aromatic heterocycles. The summed E-state index contributed by atoms with van der Waals surface area (Å²) in [5, 5.41) is 3.60. The van der Waals surface area contributed by atoms with Gasteiger partial charge in [0.2, 0.25) is 11.8 Å². The van der Waals surface area contributed by atoms with Crippen LogP contribution in [0.5, 0.6) is 0 Å². The van der Waals surface area contributed by atoms with Crippen LogP contribution in [0.4, 0.5) is 0 Å². The smallest absolute Gasteiger partial charge is 0.239 e. The van der Waals surface area contributed by atoms with Crippen molar-refractivity contribution in [3.05, 3.63) is 34.9 Å². The Hall–Kier alpha value is -1.59. The summed E-state index contributed by atoms with van der Waals surface area (Å²) in [7, 11) is 1.60. The van der Waals surface area contributed by atoms with Gasteiger partial charge in [-0.25, -0.2) is 0 Å². The van der Waals surface area contributed by atoms with Crippen molar-refractivity contribution in [2.24, 2.45) is 0 Å². The van der Waals surface area contributed by atoms with Crippen molar-refractivity contribution in [3.63, 3.8) is 0 Å². The molecule has 1 heterocycles. The Morgan fingerprint density at radius 1 is 1.38 bits per heavy atom. The third-order valence-electron chi connectivity index (χ3n) is 3.55. The van der Waals surface area contributed by atoms with Gasteiger partial charge in [0.15, 0.2) is 0 Å². The lowest BCUT2D eigenvalue weighted by molar-refractivity contribution is -0.133. The van der Waals surface area contributed by atoms with E-state index in [2.05, 4.69) is 5.32 Å². The molecule has 21 heavy (non-hydrogen) atoms. The molecule has 0 aliphatic carbocycles. The fourth-order valence-corrected chi connectivity index (χ4v) is 2.42. The van der Waals surface area contributed by atoms with Crippen LogP contribution in [0, 0.1) is 0 Å². The number of amides is 2. The number of carbonyl (C=O) groups is 2. The average molecular weight is 311 g/mol. The molecule has 114 valence electrons. The van der Waals surface area contributed by atoms with E-state index >= 15 is 0 Å². The number of rotatable bonds is 4. The topological polar surface area (TPSA) is 58.6 Å². The van der Waals surface area contributed by atoms with Crippen LogP contribution in [0.2, 0.25) is 5.02 Å². The zero-order valence-electron chi connectivity index (χ0n) is 12.1. The largest absolute Gasteiger partial charge is 0.371 e. The summed E-state index contributed by atoms with van der Waals surface area (Å²) in [4.78, 5) is 24.5. The van der Waals surface area contributed by atoms with E-state index in [1.165, 1.54) is 11.8 Å². The van der Waals surface area contributed by atoms with Crippen molar-refractivity contribution in [1.29, 1.82) is 0 Å². The Bertz CT molecular complexity index is 518. The van der Waals surface area contributed by atoms with Crippen molar-refractivity contribution in [1.82, 2.24) is 10.2 Å². The summed E-state index contributed by atoms with van der Waals surface area (Å²) < 4.78 is 5.71. The molecular weight excluding hydrogens is 292 g/mol. The van der Waals surface area contributed by atoms with Gasteiger partial charge in [-0.05, 0) is 24.1 Å². The first-order valence-electron chi connectivity index (χ1n) is 6.85. The Morgan fingerprint density at radius 2 is 2.05 bits per heavy atom. The third kappa shape index (κ3) is 4.19. The fraction of sp³-hybridized carbons (Fsp3) is 0.467. The van der Waals surface area contributed by atoms with E-state index in [1.807, 2.05) is 12.1 Å². The maximum Gasteiger partial charge on any atom is 0.239 e. The molecule has 0 saturated carbocycles. The molecule has 1 saturated heterocycles. The summed E-state index contributed by atoms with van der Waals surface area (Å²) in [6.07, 6.45) is 0.580. The molecule has 0 unspecified atom stereocenters. The predicted octanol–water partition coefficient (Wildman–Crippen LogP) is 1.76. The SMILES string of the molecule is CC(=O)N(C)CC(=O)N[C@@H]1CCO[C@H]1c1ccc(Cl)cc1. The standard InChI is InChI=1S/C15H19ClN2O3/c1-10(19)18(2)9-14(20)17-13-7-8-21-15(13)11-3-5-12(16)6-4-11/h3-6,13,15H,7-9H2,1-2H3,(H,17,20)/t13-,15+/m1/s1. The lowest BCUT2D eigenvalue weighted by Gasteiger charge is -2.22. The Balaban J connectivity index is 1.97. The number of hydrogen-bond acceptors (Lipinski definition) is 3. The first-order chi connectivity index (χ1) is 9.97. The minimum atomic E-state index is -0.179. The summed E-state index contributed by atoms with van der Waals surface area (Å²) >= 11 is 5.88. The molecule has 1 fully saturated rings. The van der Waals surface area contributed by atoms with Crippen molar-refractivity contribution in [3.8, 4) is 0 Å². The van der Waals surface area contributed by atoms with Gasteiger partial charge >= 0.3 is 0 Å². The molecule has 2 rings (SSSR count). The summed E-state index contributed by atoms with van der Waals surface area (Å²) in [5.74, 6) is -0.316. The Kier molecular flexibility index (Phi) is 5.20. The van der Waals surface area contributed by atoms with Crippen LogP contribution < -0.4 is 5.32 Å². The predicted molar refractivity (Wildman–Crippen MR) is 80.0 cm³/mol. The van der Waals surface area contributed by atoms with Crippen molar-refractivity contribution in [2.45, 2.75) is 25.5 Å². The highest BCUT2D eigenvalue weighted by Crippen LogP contribution is 2.29. The molecule has 1 aliphatic heterocycles. The highest BCUT2D eigenvalue weighted by atomic mass is 35.5. The lowest BCUT2D eigenvalue weighted by Crippen LogP contribution is -2.43. The zero-order valence-corrected chi connectivity index (χ0v) is 12.9. The van der Waals surface area contributed by atoms with Gasteiger partial charge in [-0.15, -0.1) is 0 Å². The van der Waals surface area contributed by atoms with Gasteiger partial charge in [-0.1, -0.05) is 23.7 Å². The molecule has 1 aromatic carbocycles. The van der Waals surface area contributed by atoms with Crippen LogP contribution in [0.3, 0.4) is 0 Å². The number of benzene rings is 1. The number of ether oxygens (including phenoxy) is 1. The molecule has 1 aliphatic rings. The van der Waals surface area contributed by atoms with E-state index in [0.29, 0.717) is 11.6 Å².